The minimum atomic E-state index is -3.57. The number of benzene rings is 1. The van der Waals surface area contributed by atoms with Crippen LogP contribution in [-0.4, -0.2) is 66.9 Å². The summed E-state index contributed by atoms with van der Waals surface area (Å²) in [6.45, 7) is 6.26. The molecular formula is C17H23N3O5S2. The minimum Gasteiger partial charge on any atom is -0.465 e. The Morgan fingerprint density at radius 1 is 1.30 bits per heavy atom. The Hall–Kier alpha value is -1.62. The normalized spacial score (nSPS) is 15.9. The van der Waals surface area contributed by atoms with Crippen LogP contribution in [0.1, 0.15) is 13.8 Å². The summed E-state index contributed by atoms with van der Waals surface area (Å²) in [6, 6.07) is 4.98. The Labute approximate surface area is 162 Å². The molecule has 0 spiro atoms. The van der Waals surface area contributed by atoms with Gasteiger partial charge in [0.15, 0.2) is 5.16 Å². The second kappa shape index (κ2) is 8.59. The zero-order valence-corrected chi connectivity index (χ0v) is 17.0. The topological polar surface area (TPSA) is 90.7 Å². The van der Waals surface area contributed by atoms with E-state index in [0.29, 0.717) is 50.1 Å². The Morgan fingerprint density at radius 2 is 2.04 bits per heavy atom. The number of ether oxygens (including phenoxy) is 2. The maximum absolute atomic E-state index is 12.8. The average molecular weight is 414 g/mol. The van der Waals surface area contributed by atoms with E-state index in [1.165, 1.54) is 16.1 Å². The predicted molar refractivity (Wildman–Crippen MR) is 102 cm³/mol. The SMILES string of the molecule is CCOC(=O)CSc1nc2cc(S(=O)(=O)N3CCOCC3)ccc2n1CC. The van der Waals surface area contributed by atoms with Gasteiger partial charge < -0.3 is 14.0 Å². The summed E-state index contributed by atoms with van der Waals surface area (Å²) in [4.78, 5) is 16.4. The fourth-order valence-corrected chi connectivity index (χ4v) is 5.23. The lowest BCUT2D eigenvalue weighted by Gasteiger charge is -2.26. The standard InChI is InChI=1S/C17H23N3O5S2/c1-3-20-15-6-5-13(27(22,23)19-7-9-24-10-8-19)11-14(15)18-17(20)26-12-16(21)25-4-2/h5-6,11H,3-4,7-10,12H2,1-2H3. The molecule has 0 saturated carbocycles. The third kappa shape index (κ3) is 4.29. The van der Waals surface area contributed by atoms with Gasteiger partial charge >= 0.3 is 5.97 Å². The van der Waals surface area contributed by atoms with Crippen molar-refractivity contribution in [2.24, 2.45) is 0 Å². The molecule has 0 N–H and O–H groups in total. The number of hydrogen-bond acceptors (Lipinski definition) is 7. The first-order valence-electron chi connectivity index (χ1n) is 8.84. The number of sulfonamides is 1. The molecule has 0 amide bonds. The molecule has 148 valence electrons. The van der Waals surface area contributed by atoms with E-state index >= 15 is 0 Å². The largest absolute Gasteiger partial charge is 0.465 e. The maximum atomic E-state index is 12.8. The van der Waals surface area contributed by atoms with Gasteiger partial charge in [0.25, 0.3) is 0 Å². The minimum absolute atomic E-state index is 0.163. The first kappa shape index (κ1) is 20.1. The van der Waals surface area contributed by atoms with Gasteiger partial charge in [0, 0.05) is 19.6 Å². The molecular weight excluding hydrogens is 390 g/mol. The summed E-state index contributed by atoms with van der Waals surface area (Å²) in [6.07, 6.45) is 0. The third-order valence-corrected chi connectivity index (χ3v) is 7.08. The number of imidazole rings is 1. The van der Waals surface area contributed by atoms with Gasteiger partial charge in [-0.3, -0.25) is 4.79 Å². The van der Waals surface area contributed by atoms with Crippen molar-refractivity contribution in [1.29, 1.82) is 0 Å². The summed E-state index contributed by atoms with van der Waals surface area (Å²) in [5, 5.41) is 0.668. The van der Waals surface area contributed by atoms with E-state index in [9.17, 15) is 13.2 Å². The van der Waals surface area contributed by atoms with Crippen molar-refractivity contribution in [1.82, 2.24) is 13.9 Å². The van der Waals surface area contributed by atoms with Crippen LogP contribution in [0.25, 0.3) is 11.0 Å². The van der Waals surface area contributed by atoms with E-state index < -0.39 is 10.0 Å². The molecule has 3 rings (SSSR count). The number of carbonyl (C=O) groups excluding carboxylic acids is 1. The predicted octanol–water partition coefficient (Wildman–Crippen LogP) is 1.73. The zero-order valence-electron chi connectivity index (χ0n) is 15.4. The summed E-state index contributed by atoms with van der Waals surface area (Å²) < 4.78 is 39.3. The van der Waals surface area contributed by atoms with Gasteiger partial charge in [0.1, 0.15) is 0 Å². The van der Waals surface area contributed by atoms with Crippen LogP contribution in [0.3, 0.4) is 0 Å². The third-order valence-electron chi connectivity index (χ3n) is 4.23. The first-order valence-corrected chi connectivity index (χ1v) is 11.3. The second-order valence-electron chi connectivity index (χ2n) is 5.90. The number of thioether (sulfide) groups is 1. The van der Waals surface area contributed by atoms with Crippen LogP contribution in [0.15, 0.2) is 28.3 Å². The lowest BCUT2D eigenvalue weighted by Crippen LogP contribution is -2.40. The second-order valence-corrected chi connectivity index (χ2v) is 8.78. The monoisotopic (exact) mass is 413 g/mol. The molecule has 2 aromatic rings. The number of fused-ring (bicyclic) bond motifs is 1. The number of esters is 1. The van der Waals surface area contributed by atoms with Gasteiger partial charge in [-0.25, -0.2) is 13.4 Å². The summed E-state index contributed by atoms with van der Waals surface area (Å²) in [7, 11) is -3.57. The van der Waals surface area contributed by atoms with Crippen molar-refractivity contribution in [3.63, 3.8) is 0 Å². The van der Waals surface area contributed by atoms with Gasteiger partial charge in [-0.05, 0) is 32.0 Å². The van der Waals surface area contributed by atoms with Crippen molar-refractivity contribution in [2.75, 3.05) is 38.7 Å². The fraction of sp³-hybridized carbons (Fsp3) is 0.529. The highest BCUT2D eigenvalue weighted by Gasteiger charge is 2.27. The van der Waals surface area contributed by atoms with E-state index in [4.69, 9.17) is 9.47 Å². The Bertz CT molecular complexity index is 920. The maximum Gasteiger partial charge on any atom is 0.316 e. The molecule has 1 aliphatic heterocycles. The van der Waals surface area contributed by atoms with Crippen LogP contribution >= 0.6 is 11.8 Å². The smallest absolute Gasteiger partial charge is 0.316 e. The molecule has 0 bridgehead atoms. The summed E-state index contributed by atoms with van der Waals surface area (Å²) in [5.74, 6) is -0.136. The van der Waals surface area contributed by atoms with Gasteiger partial charge in [-0.1, -0.05) is 11.8 Å². The van der Waals surface area contributed by atoms with Crippen LogP contribution in [0, 0.1) is 0 Å². The van der Waals surface area contributed by atoms with Crippen molar-refractivity contribution < 1.29 is 22.7 Å². The van der Waals surface area contributed by atoms with Crippen LogP contribution < -0.4 is 0 Å². The molecule has 0 atom stereocenters. The van der Waals surface area contributed by atoms with Crippen LogP contribution in [0.2, 0.25) is 0 Å². The molecule has 27 heavy (non-hydrogen) atoms. The van der Waals surface area contributed by atoms with E-state index in [-0.39, 0.29) is 16.6 Å². The molecule has 2 heterocycles. The Balaban J connectivity index is 1.90. The first-order chi connectivity index (χ1) is 13.0. The molecule has 1 aliphatic rings. The molecule has 0 aliphatic carbocycles. The fourth-order valence-electron chi connectivity index (χ4n) is 2.93. The van der Waals surface area contributed by atoms with Crippen molar-refractivity contribution in [3.8, 4) is 0 Å². The van der Waals surface area contributed by atoms with Gasteiger partial charge in [-0.15, -0.1) is 0 Å². The number of rotatable bonds is 7. The number of carbonyl (C=O) groups is 1. The number of hydrogen-bond donors (Lipinski definition) is 0. The summed E-state index contributed by atoms with van der Waals surface area (Å²) >= 11 is 1.29. The van der Waals surface area contributed by atoms with E-state index in [1.54, 1.807) is 25.1 Å². The lowest BCUT2D eigenvalue weighted by atomic mass is 10.3. The highest BCUT2D eigenvalue weighted by Crippen LogP contribution is 2.27. The molecule has 0 radical (unpaired) electrons. The number of aryl methyl sites for hydroxylation is 1. The van der Waals surface area contributed by atoms with Crippen LogP contribution in [0.4, 0.5) is 0 Å². The average Bonchev–Trinajstić information content (AvgIpc) is 3.04. The van der Waals surface area contributed by atoms with Crippen molar-refractivity contribution in [3.05, 3.63) is 18.2 Å². The molecule has 1 saturated heterocycles. The van der Waals surface area contributed by atoms with Gasteiger partial charge in [0.05, 0.1) is 41.5 Å². The van der Waals surface area contributed by atoms with Crippen molar-refractivity contribution >= 4 is 38.8 Å². The Morgan fingerprint density at radius 3 is 2.70 bits per heavy atom. The summed E-state index contributed by atoms with van der Waals surface area (Å²) in [5.41, 5.74) is 1.43. The molecule has 8 nitrogen and oxygen atoms in total. The highest BCUT2D eigenvalue weighted by atomic mass is 32.2. The van der Waals surface area contributed by atoms with Gasteiger partial charge in [-0.2, -0.15) is 4.31 Å². The lowest BCUT2D eigenvalue weighted by molar-refractivity contribution is -0.139. The number of morpholine rings is 1. The zero-order chi connectivity index (χ0) is 19.4. The highest BCUT2D eigenvalue weighted by molar-refractivity contribution is 7.99. The molecule has 10 heteroatoms. The van der Waals surface area contributed by atoms with Gasteiger partial charge in [0.2, 0.25) is 10.0 Å². The molecule has 1 fully saturated rings. The number of aromatic nitrogens is 2. The molecule has 0 unspecified atom stereocenters. The quantitative estimate of drug-likeness (QED) is 0.504. The molecule has 1 aromatic heterocycles. The van der Waals surface area contributed by atoms with E-state index in [0.717, 1.165) is 5.52 Å². The number of nitrogens with zero attached hydrogens (tertiary/aromatic N) is 3. The van der Waals surface area contributed by atoms with Crippen LogP contribution in [-0.2, 0) is 30.8 Å². The van der Waals surface area contributed by atoms with Crippen molar-refractivity contribution in [2.45, 2.75) is 30.4 Å². The van der Waals surface area contributed by atoms with E-state index in [2.05, 4.69) is 4.98 Å². The van der Waals surface area contributed by atoms with Crippen LogP contribution in [0.5, 0.6) is 0 Å². The van der Waals surface area contributed by atoms with E-state index in [1.807, 2.05) is 11.5 Å². The molecule has 1 aromatic carbocycles. The Kier molecular flexibility index (Phi) is 6.40.